The Morgan fingerprint density at radius 2 is 1.26 bits per heavy atom. The lowest BCUT2D eigenvalue weighted by molar-refractivity contribution is -0.160. The predicted octanol–water partition coefficient (Wildman–Crippen LogP) is 15.1. The zero-order chi connectivity index (χ0) is 57.5. The zero-order valence-corrected chi connectivity index (χ0v) is 52.5. The molecule has 0 saturated heterocycles. The SMILES string of the molecule is CC(=O)S[C@H]1CC(=O)C=C2C[C@@H](SC(C)=O)[C@@H]3[C@H](CC[C@@]4(C)[C@H]3CC[C@]4(C)O)[C@]21C.CCCCCCC(=O)O[C@H]1CC[C@H]2[C@@H]3CCC4=CC(=O)CC[C@]4(C)[C@H]3CC[C@]12C.C[C@]12CC[C@H](O)CC1=CC[C@@H]1[C@@H]2CC[C@]2(C)C(=O)CC[C@@H]12. The van der Waals surface area contributed by atoms with Crippen LogP contribution in [0, 0.1) is 85.8 Å². The van der Waals surface area contributed by atoms with Gasteiger partial charge in [-0.15, -0.1) is 0 Å². The van der Waals surface area contributed by atoms with Gasteiger partial charge in [-0.2, -0.15) is 0 Å². The van der Waals surface area contributed by atoms with Crippen molar-refractivity contribution in [3.8, 4) is 0 Å². The van der Waals surface area contributed by atoms with Crippen LogP contribution in [0.5, 0.6) is 0 Å². The van der Waals surface area contributed by atoms with E-state index in [0.29, 0.717) is 71.2 Å². The normalized spacial score (nSPS) is 46.7. The van der Waals surface area contributed by atoms with E-state index in [1.807, 2.05) is 19.1 Å². The van der Waals surface area contributed by atoms with Gasteiger partial charge in [0.1, 0.15) is 11.9 Å². The molecular formula is C69H102O9S2. The topological polar surface area (TPSA) is 152 Å². The van der Waals surface area contributed by atoms with Crippen molar-refractivity contribution in [3.63, 3.8) is 0 Å². The van der Waals surface area contributed by atoms with Gasteiger partial charge in [-0.3, -0.25) is 28.8 Å². The molecule has 9 saturated carbocycles. The van der Waals surface area contributed by atoms with E-state index in [-0.39, 0.29) is 71.8 Å². The van der Waals surface area contributed by atoms with Crippen molar-refractivity contribution in [2.75, 3.05) is 0 Å². The highest BCUT2D eigenvalue weighted by molar-refractivity contribution is 8.14. The number of hydrogen-bond donors (Lipinski definition) is 2. The first-order chi connectivity index (χ1) is 37.7. The van der Waals surface area contributed by atoms with Crippen LogP contribution in [-0.4, -0.2) is 72.1 Å². The molecule has 0 heterocycles. The second-order valence-corrected chi connectivity index (χ2v) is 32.9. The molecule has 12 rings (SSSR count). The number of esters is 1. The number of hydrogen-bond acceptors (Lipinski definition) is 11. The largest absolute Gasteiger partial charge is 0.462 e. The average Bonchev–Trinajstić information content (AvgIpc) is 4.18. The second-order valence-electron chi connectivity index (χ2n) is 30.1. The third kappa shape index (κ3) is 10.5. The van der Waals surface area contributed by atoms with Gasteiger partial charge in [0.25, 0.3) is 0 Å². The van der Waals surface area contributed by atoms with Gasteiger partial charge in [0.05, 0.1) is 11.7 Å². The number of unbranched alkanes of at least 4 members (excludes halogenated alkanes) is 3. The summed E-state index contributed by atoms with van der Waals surface area (Å²) in [5.74, 6) is 6.19. The molecule has 0 bridgehead atoms. The maximum absolute atomic E-state index is 12.6. The van der Waals surface area contributed by atoms with Crippen molar-refractivity contribution in [2.24, 2.45) is 85.8 Å². The fourth-order valence-corrected chi connectivity index (χ4v) is 24.0. The van der Waals surface area contributed by atoms with Crippen LogP contribution in [0.3, 0.4) is 0 Å². The molecule has 9 fully saturated rings. The van der Waals surface area contributed by atoms with Gasteiger partial charge in [0, 0.05) is 66.3 Å². The van der Waals surface area contributed by atoms with E-state index in [2.05, 4.69) is 54.5 Å². The third-order valence-corrected chi connectivity index (χ3v) is 28.8. The van der Waals surface area contributed by atoms with E-state index in [1.54, 1.807) is 13.8 Å². The van der Waals surface area contributed by atoms with Crippen LogP contribution >= 0.6 is 23.5 Å². The van der Waals surface area contributed by atoms with Gasteiger partial charge >= 0.3 is 5.97 Å². The van der Waals surface area contributed by atoms with Crippen LogP contribution in [0.2, 0.25) is 0 Å². The summed E-state index contributed by atoms with van der Waals surface area (Å²) in [6.45, 7) is 21.5. The molecule has 20 atom stereocenters. The van der Waals surface area contributed by atoms with Gasteiger partial charge in [-0.1, -0.05) is 114 Å². The Hall–Kier alpha value is -2.34. The van der Waals surface area contributed by atoms with E-state index < -0.39 is 5.60 Å². The van der Waals surface area contributed by atoms with Crippen molar-refractivity contribution in [2.45, 2.75) is 271 Å². The molecule has 0 aromatic rings. The van der Waals surface area contributed by atoms with Gasteiger partial charge < -0.3 is 14.9 Å². The van der Waals surface area contributed by atoms with Crippen LogP contribution in [0.1, 0.15) is 243 Å². The predicted molar refractivity (Wildman–Crippen MR) is 320 cm³/mol. The molecule has 2 N–H and O–H groups in total. The number of ether oxygens (including phenoxy) is 1. The molecule has 9 nitrogen and oxygen atoms in total. The number of fused-ring (bicyclic) bond motifs is 15. The highest BCUT2D eigenvalue weighted by atomic mass is 32.2. The van der Waals surface area contributed by atoms with Crippen molar-refractivity contribution in [3.05, 3.63) is 34.9 Å². The number of aliphatic hydroxyl groups is 2. The third-order valence-electron chi connectivity index (χ3n) is 26.4. The summed E-state index contributed by atoms with van der Waals surface area (Å²) in [6.07, 6.45) is 33.3. The Balaban J connectivity index is 0.000000137. The molecule has 0 amide bonds. The Kier molecular flexibility index (Phi) is 17.3. The number of aliphatic hydroxyl groups excluding tert-OH is 1. The fourth-order valence-electron chi connectivity index (χ4n) is 21.5. The molecule has 12 aliphatic rings. The molecule has 80 heavy (non-hydrogen) atoms. The van der Waals surface area contributed by atoms with Crippen LogP contribution in [0.4, 0.5) is 0 Å². The molecular weight excluding hydrogens is 1040 g/mol. The minimum Gasteiger partial charge on any atom is -0.462 e. The number of allylic oxidation sites excluding steroid dienone is 3. The Morgan fingerprint density at radius 1 is 0.600 bits per heavy atom. The minimum absolute atomic E-state index is 0.0168. The average molecular weight is 1140 g/mol. The summed E-state index contributed by atoms with van der Waals surface area (Å²) in [5.41, 5.74) is 3.74. The van der Waals surface area contributed by atoms with Gasteiger partial charge in [0.15, 0.2) is 21.8 Å². The van der Waals surface area contributed by atoms with E-state index in [0.717, 1.165) is 133 Å². The van der Waals surface area contributed by atoms with Crippen molar-refractivity contribution in [1.29, 1.82) is 0 Å². The molecule has 12 aliphatic carbocycles. The van der Waals surface area contributed by atoms with Gasteiger partial charge in [0.2, 0.25) is 0 Å². The molecule has 0 aliphatic heterocycles. The summed E-state index contributed by atoms with van der Waals surface area (Å²) in [5, 5.41) is 21.5. The molecule has 0 unspecified atom stereocenters. The Bertz CT molecular complexity index is 2540. The van der Waals surface area contributed by atoms with E-state index in [1.165, 1.54) is 79.6 Å². The smallest absolute Gasteiger partial charge is 0.306 e. The number of Topliss-reactive ketones (excluding diaryl/α,β-unsaturated/α-hetero) is 1. The number of rotatable bonds is 8. The quantitative estimate of drug-likeness (QED) is 0.136. The summed E-state index contributed by atoms with van der Waals surface area (Å²) >= 11 is 2.77. The lowest BCUT2D eigenvalue weighted by Crippen LogP contribution is -2.59. The first-order valence-electron chi connectivity index (χ1n) is 32.4. The van der Waals surface area contributed by atoms with Gasteiger partial charge in [-0.25, -0.2) is 0 Å². The molecule has 0 aromatic carbocycles. The standard InChI is InChI=1S/C26H40O3.C24H34O4S2.C19H28O2/c1-4-5-6-7-8-24(28)29-23-12-11-21-20-10-9-18-17-19(27)13-15-25(18,2)22(20)14-16-26(21,23)3;1-13(25)29-19-11-15-10-16(27)12-20(30-14(2)26)24(15,5)18-6-8-22(3)17(21(18)19)7-9-23(22,4)28;1-18-9-7-13(20)11-12(18)3-4-14-15-5-6-17(21)19(15,2)10-8-16(14)18/h17,20-23H,4-16H2,1-3H3;10,17-21,28H,6-9,11-12H2,1-5H3;3,13-16,20H,4-11H2,1-2H3/t20-,21-,22-,23-,25-,26-;17-,18-,19+,20-,21-,22-,23-,24-;13-,14-,15-,16-,18-,19-/m000/s1. The second kappa shape index (κ2) is 22.8. The van der Waals surface area contributed by atoms with Crippen LogP contribution in [-0.2, 0) is 33.5 Å². The van der Waals surface area contributed by atoms with E-state index >= 15 is 0 Å². The molecule has 444 valence electrons. The van der Waals surface area contributed by atoms with Crippen molar-refractivity contribution in [1.82, 2.24) is 0 Å². The number of ketones is 3. The van der Waals surface area contributed by atoms with E-state index in [9.17, 15) is 39.0 Å². The monoisotopic (exact) mass is 1140 g/mol. The van der Waals surface area contributed by atoms with Crippen LogP contribution < -0.4 is 0 Å². The van der Waals surface area contributed by atoms with E-state index in [4.69, 9.17) is 4.74 Å². The molecule has 0 spiro atoms. The maximum Gasteiger partial charge on any atom is 0.306 e. The Morgan fingerprint density at radius 3 is 2.00 bits per heavy atom. The maximum atomic E-state index is 12.6. The van der Waals surface area contributed by atoms with Crippen LogP contribution in [0.15, 0.2) is 34.9 Å². The minimum atomic E-state index is -0.679. The summed E-state index contributed by atoms with van der Waals surface area (Å²) in [4.78, 5) is 73.6. The van der Waals surface area contributed by atoms with Crippen molar-refractivity contribution >= 4 is 57.1 Å². The lowest BCUT2D eigenvalue weighted by atomic mass is 9.46. The molecule has 0 aromatic heterocycles. The van der Waals surface area contributed by atoms with Crippen LogP contribution in [0.25, 0.3) is 0 Å². The summed E-state index contributed by atoms with van der Waals surface area (Å²) in [6, 6.07) is 0. The molecule has 0 radical (unpaired) electrons. The fraction of sp³-hybridized carbons (Fsp3) is 0.826. The highest BCUT2D eigenvalue weighted by Gasteiger charge is 2.67. The number of carbonyl (C=O) groups excluding carboxylic acids is 6. The lowest BCUT2D eigenvalue weighted by Gasteiger charge is -2.62. The first kappa shape index (κ1) is 60.8. The summed E-state index contributed by atoms with van der Waals surface area (Å²) in [7, 11) is 0. The van der Waals surface area contributed by atoms with Gasteiger partial charge in [-0.05, 0) is 217 Å². The zero-order valence-electron chi connectivity index (χ0n) is 50.9. The van der Waals surface area contributed by atoms with Crippen molar-refractivity contribution < 1.29 is 43.7 Å². The number of thioether (sulfide) groups is 2. The number of carbonyl (C=O) groups is 6. The first-order valence-corrected chi connectivity index (χ1v) is 34.1. The Labute approximate surface area is 489 Å². The highest BCUT2D eigenvalue weighted by Crippen LogP contribution is 2.71. The summed E-state index contributed by atoms with van der Waals surface area (Å²) < 4.78 is 6.09. The molecule has 11 heteroatoms.